The molecule has 2 aromatic heterocycles. The Morgan fingerprint density at radius 2 is 2.04 bits per heavy atom. The van der Waals surface area contributed by atoms with Crippen LogP contribution in [0.15, 0.2) is 18.5 Å². The molecule has 3 heterocycles. The van der Waals surface area contributed by atoms with E-state index in [0.717, 1.165) is 23.6 Å². The summed E-state index contributed by atoms with van der Waals surface area (Å²) in [6, 6.07) is 1.79. The number of nitrogens with zero attached hydrogens (tertiary/aromatic N) is 3. The molecule has 1 aliphatic carbocycles. The van der Waals surface area contributed by atoms with Gasteiger partial charge >= 0.3 is 0 Å². The quantitative estimate of drug-likeness (QED) is 0.400. The first-order valence-electron chi connectivity index (χ1n) is 9.30. The number of hydrogen-bond acceptors (Lipinski definition) is 7. The van der Waals surface area contributed by atoms with Crippen molar-refractivity contribution in [2.45, 2.75) is 38.6 Å². The van der Waals surface area contributed by atoms with E-state index in [4.69, 9.17) is 17.3 Å². The van der Waals surface area contributed by atoms with Gasteiger partial charge in [0.15, 0.2) is 5.82 Å². The van der Waals surface area contributed by atoms with Crippen LogP contribution in [0.3, 0.4) is 0 Å². The van der Waals surface area contributed by atoms with Crippen LogP contribution in [0.5, 0.6) is 0 Å². The standard InChI is InChI=1S/C18H28N8/c19-15-6-14(16(20)17(24-15)25-21)5-12-9-23-26(10-12)11-13-7-18(8-13)1-3-22-4-2-18/h6,9-10,13,22H,1-5,7-8,11,20-21H2,(H3,19,24,25). The summed E-state index contributed by atoms with van der Waals surface area (Å²) in [6.07, 6.45) is 10.0. The minimum absolute atomic E-state index is 0.399. The zero-order chi connectivity index (χ0) is 18.1. The molecule has 0 amide bonds. The Labute approximate surface area is 153 Å². The average Bonchev–Trinajstić information content (AvgIpc) is 3.04. The van der Waals surface area contributed by atoms with E-state index in [1.807, 2.05) is 6.20 Å². The number of pyridine rings is 1. The number of piperidine rings is 1. The highest BCUT2D eigenvalue weighted by Gasteiger charge is 2.44. The second-order valence-electron chi connectivity index (χ2n) is 7.88. The summed E-state index contributed by atoms with van der Waals surface area (Å²) in [5.74, 6) is 7.01. The van der Waals surface area contributed by atoms with Crippen molar-refractivity contribution in [1.29, 1.82) is 0 Å². The van der Waals surface area contributed by atoms with E-state index < -0.39 is 0 Å². The van der Waals surface area contributed by atoms with E-state index in [0.29, 0.717) is 29.2 Å². The molecule has 0 aromatic carbocycles. The van der Waals surface area contributed by atoms with Gasteiger partial charge in [0.1, 0.15) is 5.82 Å². The second-order valence-corrected chi connectivity index (χ2v) is 7.88. The Bertz CT molecular complexity index is 769. The number of nitrogen functional groups attached to an aromatic ring is 3. The van der Waals surface area contributed by atoms with Gasteiger partial charge in [-0.2, -0.15) is 5.10 Å². The van der Waals surface area contributed by atoms with Crippen LogP contribution in [0, 0.1) is 11.3 Å². The Morgan fingerprint density at radius 1 is 1.27 bits per heavy atom. The highest BCUT2D eigenvalue weighted by molar-refractivity contribution is 5.68. The fraction of sp³-hybridized carbons (Fsp3) is 0.556. The maximum absolute atomic E-state index is 6.12. The molecule has 0 atom stereocenters. The smallest absolute Gasteiger partial charge is 0.165 e. The lowest BCUT2D eigenvalue weighted by atomic mass is 9.58. The van der Waals surface area contributed by atoms with Gasteiger partial charge < -0.3 is 22.2 Å². The zero-order valence-electron chi connectivity index (χ0n) is 15.0. The van der Waals surface area contributed by atoms with Gasteiger partial charge in [-0.05, 0) is 67.3 Å². The van der Waals surface area contributed by atoms with Gasteiger partial charge in [0, 0.05) is 19.2 Å². The molecular formula is C18H28N8. The lowest BCUT2D eigenvalue weighted by molar-refractivity contribution is 0.0114. The summed E-state index contributed by atoms with van der Waals surface area (Å²) in [5.41, 5.74) is 17.6. The van der Waals surface area contributed by atoms with Crippen molar-refractivity contribution >= 4 is 17.3 Å². The number of rotatable bonds is 5. The first kappa shape index (κ1) is 17.1. The normalized spacial score (nSPS) is 19.4. The van der Waals surface area contributed by atoms with Gasteiger partial charge in [0.05, 0.1) is 11.9 Å². The maximum Gasteiger partial charge on any atom is 0.165 e. The SMILES string of the molecule is NNc1nc(N)cc(Cc2cnn(CC3CC4(CCNCC4)C3)c2)c1N. The van der Waals surface area contributed by atoms with Gasteiger partial charge in [-0.15, -0.1) is 0 Å². The minimum Gasteiger partial charge on any atom is -0.395 e. The van der Waals surface area contributed by atoms with Gasteiger partial charge in [-0.25, -0.2) is 10.8 Å². The van der Waals surface area contributed by atoms with Crippen molar-refractivity contribution in [2.24, 2.45) is 17.2 Å². The van der Waals surface area contributed by atoms with Crippen LogP contribution in [0.2, 0.25) is 0 Å². The van der Waals surface area contributed by atoms with Gasteiger partial charge in [0.2, 0.25) is 0 Å². The third kappa shape index (κ3) is 3.34. The summed E-state index contributed by atoms with van der Waals surface area (Å²) in [7, 11) is 0. The van der Waals surface area contributed by atoms with Crippen molar-refractivity contribution in [3.8, 4) is 0 Å². The number of aromatic nitrogens is 3. The van der Waals surface area contributed by atoms with E-state index in [1.165, 1.54) is 38.8 Å². The third-order valence-corrected chi connectivity index (χ3v) is 5.93. The number of anilines is 3. The predicted octanol–water partition coefficient (Wildman–Crippen LogP) is 1.10. The molecule has 0 bridgehead atoms. The van der Waals surface area contributed by atoms with Crippen LogP contribution in [0.25, 0.3) is 0 Å². The summed E-state index contributed by atoms with van der Waals surface area (Å²) in [6.45, 7) is 3.35. The van der Waals surface area contributed by atoms with E-state index in [9.17, 15) is 0 Å². The molecule has 2 aliphatic rings. The van der Waals surface area contributed by atoms with E-state index in [-0.39, 0.29) is 0 Å². The third-order valence-electron chi connectivity index (χ3n) is 5.93. The molecule has 1 saturated carbocycles. The van der Waals surface area contributed by atoms with Crippen molar-refractivity contribution in [3.63, 3.8) is 0 Å². The summed E-state index contributed by atoms with van der Waals surface area (Å²) < 4.78 is 2.07. The molecule has 0 unspecified atom stereocenters. The molecule has 2 fully saturated rings. The molecular weight excluding hydrogens is 328 g/mol. The molecule has 2 aromatic rings. The largest absolute Gasteiger partial charge is 0.395 e. The predicted molar refractivity (Wildman–Crippen MR) is 103 cm³/mol. The molecule has 0 radical (unpaired) electrons. The van der Waals surface area contributed by atoms with Crippen LogP contribution in [0.1, 0.15) is 36.8 Å². The fourth-order valence-corrected chi connectivity index (χ4v) is 4.63. The molecule has 1 spiro atoms. The van der Waals surface area contributed by atoms with Gasteiger partial charge in [0.25, 0.3) is 0 Å². The highest BCUT2D eigenvalue weighted by atomic mass is 15.3. The van der Waals surface area contributed by atoms with Crippen LogP contribution in [-0.4, -0.2) is 27.9 Å². The molecule has 26 heavy (non-hydrogen) atoms. The molecule has 1 aliphatic heterocycles. The summed E-state index contributed by atoms with van der Waals surface area (Å²) >= 11 is 0. The average molecular weight is 356 g/mol. The van der Waals surface area contributed by atoms with Crippen LogP contribution in [0.4, 0.5) is 17.3 Å². The highest BCUT2D eigenvalue weighted by Crippen LogP contribution is 2.52. The number of hydrazine groups is 1. The van der Waals surface area contributed by atoms with Crippen LogP contribution < -0.4 is 28.1 Å². The summed E-state index contributed by atoms with van der Waals surface area (Å²) in [5, 5.41) is 8.00. The minimum atomic E-state index is 0.399. The first-order valence-corrected chi connectivity index (χ1v) is 9.30. The van der Waals surface area contributed by atoms with Crippen LogP contribution in [-0.2, 0) is 13.0 Å². The van der Waals surface area contributed by atoms with Crippen LogP contribution >= 0.6 is 0 Å². The van der Waals surface area contributed by atoms with Crippen molar-refractivity contribution in [3.05, 3.63) is 29.6 Å². The topological polar surface area (TPSA) is 133 Å². The summed E-state index contributed by atoms with van der Waals surface area (Å²) in [4.78, 5) is 4.09. The van der Waals surface area contributed by atoms with E-state index in [2.05, 4.69) is 31.7 Å². The van der Waals surface area contributed by atoms with Crippen molar-refractivity contribution in [2.75, 3.05) is 30.0 Å². The Kier molecular flexibility index (Phi) is 4.46. The Hall–Kier alpha value is -2.32. The number of hydrogen-bond donors (Lipinski definition) is 5. The lowest BCUT2D eigenvalue weighted by Crippen LogP contribution is -2.46. The lowest BCUT2D eigenvalue weighted by Gasteiger charge is -2.50. The number of nitrogens with one attached hydrogen (secondary N) is 2. The molecule has 1 saturated heterocycles. The van der Waals surface area contributed by atoms with Gasteiger partial charge in [-0.1, -0.05) is 0 Å². The number of nitrogens with two attached hydrogens (primary N) is 3. The molecule has 8 heteroatoms. The van der Waals surface area contributed by atoms with Crippen molar-refractivity contribution in [1.82, 2.24) is 20.1 Å². The molecule has 8 nitrogen and oxygen atoms in total. The Morgan fingerprint density at radius 3 is 2.77 bits per heavy atom. The maximum atomic E-state index is 6.12. The molecule has 140 valence electrons. The second kappa shape index (κ2) is 6.77. The fourth-order valence-electron chi connectivity index (χ4n) is 4.63. The first-order chi connectivity index (χ1) is 12.6. The Balaban J connectivity index is 1.38. The zero-order valence-corrected chi connectivity index (χ0v) is 15.0. The van der Waals surface area contributed by atoms with Gasteiger partial charge in [-0.3, -0.25) is 4.68 Å². The van der Waals surface area contributed by atoms with Crippen molar-refractivity contribution < 1.29 is 0 Å². The molecule has 8 N–H and O–H groups in total. The van der Waals surface area contributed by atoms with E-state index >= 15 is 0 Å². The monoisotopic (exact) mass is 356 g/mol. The van der Waals surface area contributed by atoms with E-state index in [1.54, 1.807) is 6.07 Å². The molecule has 4 rings (SSSR count).